The van der Waals surface area contributed by atoms with Gasteiger partial charge >= 0.3 is 6.09 Å². The van der Waals surface area contributed by atoms with E-state index in [0.717, 1.165) is 28.0 Å². The number of fused-ring (bicyclic) bond motifs is 1. The second-order valence-electron chi connectivity index (χ2n) is 8.32. The van der Waals surface area contributed by atoms with Gasteiger partial charge in [0.15, 0.2) is 23.2 Å². The van der Waals surface area contributed by atoms with Crippen LogP contribution >= 0.6 is 0 Å². The second kappa shape index (κ2) is 10.3. The van der Waals surface area contributed by atoms with Crippen molar-refractivity contribution in [3.63, 3.8) is 0 Å². The molecule has 0 saturated heterocycles. The lowest BCUT2D eigenvalue weighted by Crippen LogP contribution is -2.11. The number of pyridine rings is 2. The largest absolute Gasteiger partial charge is 0.494 e. The van der Waals surface area contributed by atoms with Crippen LogP contribution in [0.3, 0.4) is 0 Å². The molecule has 5 rings (SSSR count). The summed E-state index contributed by atoms with van der Waals surface area (Å²) >= 11 is 0. The summed E-state index contributed by atoms with van der Waals surface area (Å²) in [5, 5.41) is 11.3. The molecule has 0 aliphatic heterocycles. The molecule has 0 atom stereocenters. The van der Waals surface area contributed by atoms with Crippen LogP contribution in [0.1, 0.15) is 11.4 Å². The number of imidazole rings is 1. The maximum Gasteiger partial charge on any atom is 0.412 e. The monoisotopic (exact) mass is 517 g/mol. The molecule has 11 nitrogen and oxygen atoms in total. The molecular formula is C26H24FN7O4. The molecule has 194 valence electrons. The first-order valence-corrected chi connectivity index (χ1v) is 11.5. The minimum Gasteiger partial charge on any atom is -0.494 e. The summed E-state index contributed by atoms with van der Waals surface area (Å²) in [5.74, 6) is 1.07. The van der Waals surface area contributed by atoms with Gasteiger partial charge in [0.25, 0.3) is 0 Å². The van der Waals surface area contributed by atoms with Gasteiger partial charge in [-0.15, -0.1) is 10.2 Å². The molecule has 0 fully saturated rings. The Balaban J connectivity index is 1.62. The van der Waals surface area contributed by atoms with Gasteiger partial charge in [-0.05, 0) is 42.8 Å². The van der Waals surface area contributed by atoms with E-state index in [4.69, 9.17) is 9.47 Å². The van der Waals surface area contributed by atoms with Crippen LogP contribution in [0.5, 0.6) is 5.75 Å². The topological polar surface area (TPSA) is 118 Å². The van der Waals surface area contributed by atoms with Crippen LogP contribution < -0.4 is 10.1 Å². The van der Waals surface area contributed by atoms with Crippen molar-refractivity contribution >= 4 is 17.6 Å². The van der Waals surface area contributed by atoms with Crippen molar-refractivity contribution in [3.05, 3.63) is 72.2 Å². The maximum absolute atomic E-state index is 14.2. The second-order valence-corrected chi connectivity index (χ2v) is 8.32. The van der Waals surface area contributed by atoms with Gasteiger partial charge in [-0.1, -0.05) is 0 Å². The van der Waals surface area contributed by atoms with Gasteiger partial charge in [-0.3, -0.25) is 14.3 Å². The van der Waals surface area contributed by atoms with Crippen LogP contribution in [-0.4, -0.2) is 56.6 Å². The summed E-state index contributed by atoms with van der Waals surface area (Å²) in [6.07, 6.45) is 4.70. The van der Waals surface area contributed by atoms with Crippen molar-refractivity contribution in [2.24, 2.45) is 0 Å². The summed E-state index contributed by atoms with van der Waals surface area (Å²) in [6.45, 7) is 2.15. The van der Waals surface area contributed by atoms with Crippen molar-refractivity contribution in [1.82, 2.24) is 29.1 Å². The van der Waals surface area contributed by atoms with Crippen LogP contribution in [0.4, 0.5) is 15.0 Å². The number of rotatable bonds is 7. The van der Waals surface area contributed by atoms with Gasteiger partial charge in [0, 0.05) is 36.7 Å². The van der Waals surface area contributed by atoms with Crippen LogP contribution in [0.15, 0.2) is 55.0 Å². The van der Waals surface area contributed by atoms with Gasteiger partial charge in [-0.2, -0.15) is 0 Å². The zero-order chi connectivity index (χ0) is 26.8. The molecule has 5 aromatic rings. The number of hydrogen-bond donors (Lipinski definition) is 1. The van der Waals surface area contributed by atoms with E-state index in [2.05, 4.69) is 30.2 Å². The minimum atomic E-state index is -0.601. The molecule has 0 aliphatic carbocycles. The number of nitrogens with zero attached hydrogens (tertiary/aromatic N) is 6. The van der Waals surface area contributed by atoms with E-state index >= 15 is 0 Å². The van der Waals surface area contributed by atoms with Crippen LogP contribution in [0.2, 0.25) is 0 Å². The Morgan fingerprint density at radius 3 is 2.58 bits per heavy atom. The highest BCUT2D eigenvalue weighted by atomic mass is 19.1. The van der Waals surface area contributed by atoms with E-state index in [1.165, 1.54) is 20.3 Å². The molecule has 0 radical (unpaired) electrons. The van der Waals surface area contributed by atoms with Crippen molar-refractivity contribution in [3.8, 4) is 34.1 Å². The molecule has 1 amide bonds. The average molecular weight is 518 g/mol. The Bertz CT molecular complexity index is 1630. The SMILES string of the molecule is COCc1nnc(-c2cc(C)c3ncc(-c4ccc(NC(=O)OC)nc4)n3c2)n1-c1ccc(F)c(OC)c1. The van der Waals surface area contributed by atoms with Crippen molar-refractivity contribution in [2.75, 3.05) is 26.6 Å². The number of carbonyl (C=O) groups excluding carboxylic acids is 1. The third kappa shape index (κ3) is 4.52. The van der Waals surface area contributed by atoms with Crippen LogP contribution in [-0.2, 0) is 16.1 Å². The predicted octanol–water partition coefficient (Wildman–Crippen LogP) is 4.42. The number of anilines is 1. The number of ether oxygens (including phenoxy) is 3. The summed E-state index contributed by atoms with van der Waals surface area (Å²) in [7, 11) is 4.27. The molecule has 0 unspecified atom stereocenters. The highest BCUT2D eigenvalue weighted by Gasteiger charge is 2.19. The quantitative estimate of drug-likeness (QED) is 0.337. The van der Waals surface area contributed by atoms with Gasteiger partial charge in [0.1, 0.15) is 18.1 Å². The normalized spacial score (nSPS) is 11.1. The number of aromatic nitrogens is 6. The molecule has 0 saturated carbocycles. The molecule has 12 heteroatoms. The first-order valence-electron chi connectivity index (χ1n) is 11.5. The molecule has 1 aromatic carbocycles. The number of aryl methyl sites for hydroxylation is 1. The standard InChI is InChI=1S/C26H24FN7O4/c1-15-9-17(25-32-31-23(14-36-2)34(25)18-6-7-19(27)21(10-18)37-3)13-33-20(12-29-24(15)33)16-5-8-22(28-11-16)30-26(35)38-4/h5-13H,14H2,1-4H3,(H,28,30,35). The fourth-order valence-corrected chi connectivity index (χ4v) is 4.15. The Kier molecular flexibility index (Phi) is 6.71. The predicted molar refractivity (Wildman–Crippen MR) is 137 cm³/mol. The van der Waals surface area contributed by atoms with Gasteiger partial charge in [0.2, 0.25) is 0 Å². The molecule has 38 heavy (non-hydrogen) atoms. The Labute approximate surface area is 216 Å². The lowest BCUT2D eigenvalue weighted by atomic mass is 10.1. The first kappa shape index (κ1) is 24.8. The molecule has 0 spiro atoms. The third-order valence-corrected chi connectivity index (χ3v) is 5.92. The molecule has 4 aromatic heterocycles. The maximum atomic E-state index is 14.2. The Hall–Kier alpha value is -4.84. The number of benzene rings is 1. The fraction of sp³-hybridized carbons (Fsp3) is 0.192. The van der Waals surface area contributed by atoms with E-state index in [-0.39, 0.29) is 12.4 Å². The smallest absolute Gasteiger partial charge is 0.412 e. The van der Waals surface area contributed by atoms with E-state index in [1.807, 2.05) is 29.7 Å². The Morgan fingerprint density at radius 2 is 1.87 bits per heavy atom. The zero-order valence-electron chi connectivity index (χ0n) is 21.1. The zero-order valence-corrected chi connectivity index (χ0v) is 21.1. The summed E-state index contributed by atoms with van der Waals surface area (Å²) < 4.78 is 33.0. The lowest BCUT2D eigenvalue weighted by molar-refractivity contribution is 0.176. The highest BCUT2D eigenvalue weighted by molar-refractivity contribution is 5.83. The molecule has 0 aliphatic rings. The van der Waals surface area contributed by atoms with E-state index in [9.17, 15) is 9.18 Å². The van der Waals surface area contributed by atoms with Crippen molar-refractivity contribution in [2.45, 2.75) is 13.5 Å². The van der Waals surface area contributed by atoms with E-state index in [1.54, 1.807) is 42.3 Å². The first-order chi connectivity index (χ1) is 18.4. The summed E-state index contributed by atoms with van der Waals surface area (Å²) in [5.41, 5.74) is 4.61. The fourth-order valence-electron chi connectivity index (χ4n) is 4.15. The number of nitrogens with one attached hydrogen (secondary N) is 1. The Morgan fingerprint density at radius 1 is 1.03 bits per heavy atom. The van der Waals surface area contributed by atoms with Crippen molar-refractivity contribution in [1.29, 1.82) is 0 Å². The van der Waals surface area contributed by atoms with Crippen LogP contribution in [0, 0.1) is 12.7 Å². The van der Waals surface area contributed by atoms with Gasteiger partial charge in [0.05, 0.1) is 31.8 Å². The number of halogens is 1. The molecular weight excluding hydrogens is 493 g/mol. The van der Waals surface area contributed by atoms with Gasteiger partial charge < -0.3 is 14.2 Å². The molecule has 1 N–H and O–H groups in total. The lowest BCUT2D eigenvalue weighted by Gasteiger charge is -2.13. The number of hydrogen-bond acceptors (Lipinski definition) is 8. The van der Waals surface area contributed by atoms with Crippen molar-refractivity contribution < 1.29 is 23.4 Å². The third-order valence-electron chi connectivity index (χ3n) is 5.92. The number of amides is 1. The summed E-state index contributed by atoms with van der Waals surface area (Å²) in [6, 6.07) is 10.0. The minimum absolute atomic E-state index is 0.103. The van der Waals surface area contributed by atoms with E-state index in [0.29, 0.717) is 23.2 Å². The van der Waals surface area contributed by atoms with Gasteiger partial charge in [-0.25, -0.2) is 19.2 Å². The molecule has 4 heterocycles. The highest BCUT2D eigenvalue weighted by Crippen LogP contribution is 2.30. The molecule has 0 bridgehead atoms. The summed E-state index contributed by atoms with van der Waals surface area (Å²) in [4.78, 5) is 20.4. The number of carbonyl (C=O) groups is 1. The average Bonchev–Trinajstić information content (AvgIpc) is 3.54. The van der Waals surface area contributed by atoms with E-state index < -0.39 is 11.9 Å². The van der Waals surface area contributed by atoms with Crippen LogP contribution in [0.25, 0.3) is 34.0 Å². The number of methoxy groups -OCH3 is 3.